The molecular weight excluding hydrogens is 288 g/mol. The zero-order valence-corrected chi connectivity index (χ0v) is 13.2. The van der Waals surface area contributed by atoms with Gasteiger partial charge in [-0.15, -0.1) is 0 Å². The number of rotatable bonds is 3. The number of anilines is 1. The molecule has 1 aromatic carbocycles. The molecular formula is C18H22N4O. The van der Waals surface area contributed by atoms with Gasteiger partial charge in [-0.05, 0) is 55.4 Å². The number of carbonyl (C=O) groups excluding carboxylic acids is 1. The maximum atomic E-state index is 12.6. The van der Waals surface area contributed by atoms with Crippen molar-refractivity contribution in [3.8, 4) is 0 Å². The molecule has 2 aromatic rings. The zero-order chi connectivity index (χ0) is 15.6. The van der Waals surface area contributed by atoms with Crippen LogP contribution in [0, 0.1) is 5.92 Å². The van der Waals surface area contributed by atoms with Crippen LogP contribution in [0.25, 0.3) is 0 Å². The minimum Gasteiger partial charge on any atom is -0.321 e. The number of carbonyl (C=O) groups is 1. The highest BCUT2D eigenvalue weighted by atomic mass is 16.2. The first-order chi connectivity index (χ1) is 11.3. The summed E-state index contributed by atoms with van der Waals surface area (Å²) >= 11 is 0. The molecule has 0 spiro atoms. The van der Waals surface area contributed by atoms with E-state index in [1.165, 1.54) is 12.8 Å². The van der Waals surface area contributed by atoms with Gasteiger partial charge in [-0.2, -0.15) is 5.10 Å². The van der Waals surface area contributed by atoms with Crippen LogP contribution < -0.4 is 5.32 Å². The fraction of sp³-hybridized carbons (Fsp3) is 0.444. The van der Waals surface area contributed by atoms with Gasteiger partial charge < -0.3 is 10.2 Å². The maximum absolute atomic E-state index is 12.6. The molecule has 120 valence electrons. The van der Waals surface area contributed by atoms with E-state index in [1.807, 2.05) is 40.0 Å². The maximum Gasteiger partial charge on any atom is 0.322 e. The van der Waals surface area contributed by atoms with Gasteiger partial charge >= 0.3 is 6.03 Å². The van der Waals surface area contributed by atoms with Crippen LogP contribution in [0.2, 0.25) is 0 Å². The van der Waals surface area contributed by atoms with E-state index in [1.54, 1.807) is 6.20 Å². The van der Waals surface area contributed by atoms with Crippen molar-refractivity contribution in [2.24, 2.45) is 5.92 Å². The summed E-state index contributed by atoms with van der Waals surface area (Å²) < 4.78 is 1.88. The van der Waals surface area contributed by atoms with Crippen molar-refractivity contribution in [3.05, 3.63) is 48.3 Å². The Morgan fingerprint density at radius 1 is 1.22 bits per heavy atom. The SMILES string of the molecule is O=C(Nc1cccc(Cn2cccn2)c1)N1CC2CCC1CC2. The molecule has 3 fully saturated rings. The number of fused-ring (bicyclic) bond motifs is 3. The van der Waals surface area contributed by atoms with Gasteiger partial charge in [-0.3, -0.25) is 4.68 Å². The monoisotopic (exact) mass is 310 g/mol. The third kappa shape index (κ3) is 3.09. The third-order valence-electron chi connectivity index (χ3n) is 5.05. The van der Waals surface area contributed by atoms with Crippen LogP contribution in [0.3, 0.4) is 0 Å². The van der Waals surface area contributed by atoms with Crippen molar-refractivity contribution in [2.75, 3.05) is 11.9 Å². The van der Waals surface area contributed by atoms with Crippen molar-refractivity contribution >= 4 is 11.7 Å². The lowest BCUT2D eigenvalue weighted by molar-refractivity contribution is 0.0816. The summed E-state index contributed by atoms with van der Waals surface area (Å²) in [6.07, 6.45) is 8.61. The highest BCUT2D eigenvalue weighted by Gasteiger charge is 2.36. The molecule has 23 heavy (non-hydrogen) atoms. The summed E-state index contributed by atoms with van der Waals surface area (Å²) in [6, 6.07) is 10.4. The highest BCUT2D eigenvalue weighted by Crippen LogP contribution is 2.35. The van der Waals surface area contributed by atoms with Gasteiger partial charge in [0.2, 0.25) is 0 Å². The molecule has 1 aromatic heterocycles. The second kappa shape index (κ2) is 6.07. The zero-order valence-electron chi connectivity index (χ0n) is 13.2. The average Bonchev–Trinajstić information content (AvgIpc) is 3.09. The number of benzene rings is 1. The molecule has 5 rings (SSSR count). The summed E-state index contributed by atoms with van der Waals surface area (Å²) in [7, 11) is 0. The molecule has 2 aliphatic heterocycles. The number of nitrogens with one attached hydrogen (secondary N) is 1. The minimum atomic E-state index is 0.0515. The van der Waals surface area contributed by atoms with Crippen LogP contribution in [0.5, 0.6) is 0 Å². The molecule has 3 heterocycles. The van der Waals surface area contributed by atoms with Crippen LogP contribution in [-0.2, 0) is 6.54 Å². The van der Waals surface area contributed by atoms with Gasteiger partial charge in [-0.25, -0.2) is 4.79 Å². The molecule has 2 saturated heterocycles. The summed E-state index contributed by atoms with van der Waals surface area (Å²) in [5, 5.41) is 7.30. The molecule has 5 heteroatoms. The fourth-order valence-corrected chi connectivity index (χ4v) is 3.84. The number of urea groups is 1. The van der Waals surface area contributed by atoms with E-state index >= 15 is 0 Å². The highest BCUT2D eigenvalue weighted by molar-refractivity contribution is 5.89. The van der Waals surface area contributed by atoms with E-state index in [2.05, 4.69) is 16.5 Å². The van der Waals surface area contributed by atoms with Crippen LogP contribution in [0.4, 0.5) is 10.5 Å². The first-order valence-corrected chi connectivity index (χ1v) is 8.42. The van der Waals surface area contributed by atoms with Gasteiger partial charge in [0.1, 0.15) is 0 Å². The van der Waals surface area contributed by atoms with E-state index in [0.717, 1.165) is 30.6 Å². The third-order valence-corrected chi connectivity index (χ3v) is 5.05. The van der Waals surface area contributed by atoms with Crippen LogP contribution in [0.15, 0.2) is 42.7 Å². The summed E-state index contributed by atoms with van der Waals surface area (Å²) in [5.41, 5.74) is 1.99. The van der Waals surface area contributed by atoms with E-state index in [0.29, 0.717) is 18.5 Å². The Kier molecular flexibility index (Phi) is 3.77. The number of aromatic nitrogens is 2. The van der Waals surface area contributed by atoms with Gasteiger partial charge in [-0.1, -0.05) is 12.1 Å². The number of amides is 2. The molecule has 0 atom stereocenters. The first kappa shape index (κ1) is 14.3. The van der Waals surface area contributed by atoms with E-state index in [9.17, 15) is 4.79 Å². The smallest absolute Gasteiger partial charge is 0.321 e. The predicted octanol–water partition coefficient (Wildman–Crippen LogP) is 3.34. The first-order valence-electron chi connectivity index (χ1n) is 8.42. The van der Waals surface area contributed by atoms with Crippen molar-refractivity contribution in [2.45, 2.75) is 38.3 Å². The quantitative estimate of drug-likeness (QED) is 0.945. The Morgan fingerprint density at radius 2 is 2.09 bits per heavy atom. The summed E-state index contributed by atoms with van der Waals surface area (Å²) in [4.78, 5) is 14.6. The Morgan fingerprint density at radius 3 is 2.78 bits per heavy atom. The fourth-order valence-electron chi connectivity index (χ4n) is 3.84. The largest absolute Gasteiger partial charge is 0.322 e. The lowest BCUT2D eigenvalue weighted by Gasteiger charge is -2.45. The molecule has 5 nitrogen and oxygen atoms in total. The second-order valence-corrected chi connectivity index (χ2v) is 6.66. The predicted molar refractivity (Wildman–Crippen MR) is 89.2 cm³/mol. The van der Waals surface area contributed by atoms with Crippen molar-refractivity contribution in [1.82, 2.24) is 14.7 Å². The van der Waals surface area contributed by atoms with Crippen molar-refractivity contribution in [1.29, 1.82) is 0 Å². The minimum absolute atomic E-state index is 0.0515. The summed E-state index contributed by atoms with van der Waals surface area (Å²) in [5.74, 6) is 0.705. The van der Waals surface area contributed by atoms with Gasteiger partial charge in [0, 0.05) is 30.7 Å². The molecule has 0 unspecified atom stereocenters. The molecule has 3 aliphatic rings. The Hall–Kier alpha value is -2.30. The Bertz CT molecular complexity index is 674. The van der Waals surface area contributed by atoms with Gasteiger partial charge in [0.25, 0.3) is 0 Å². The second-order valence-electron chi connectivity index (χ2n) is 6.66. The van der Waals surface area contributed by atoms with Crippen LogP contribution >= 0.6 is 0 Å². The molecule has 1 N–H and O–H groups in total. The van der Waals surface area contributed by atoms with Crippen LogP contribution in [-0.4, -0.2) is 33.3 Å². The van der Waals surface area contributed by atoms with E-state index in [4.69, 9.17) is 0 Å². The van der Waals surface area contributed by atoms with Crippen molar-refractivity contribution in [3.63, 3.8) is 0 Å². The topological polar surface area (TPSA) is 50.2 Å². The number of nitrogens with zero attached hydrogens (tertiary/aromatic N) is 3. The van der Waals surface area contributed by atoms with Gasteiger partial charge in [0.15, 0.2) is 0 Å². The molecule has 2 bridgehead atoms. The van der Waals surface area contributed by atoms with E-state index in [-0.39, 0.29) is 6.03 Å². The number of hydrogen-bond donors (Lipinski definition) is 1. The molecule has 1 aliphatic carbocycles. The average molecular weight is 310 g/mol. The normalized spacial score (nSPS) is 23.0. The van der Waals surface area contributed by atoms with Crippen molar-refractivity contribution < 1.29 is 4.79 Å². The number of hydrogen-bond acceptors (Lipinski definition) is 2. The molecule has 1 saturated carbocycles. The van der Waals surface area contributed by atoms with Gasteiger partial charge in [0.05, 0.1) is 6.54 Å². The van der Waals surface area contributed by atoms with E-state index < -0.39 is 0 Å². The van der Waals surface area contributed by atoms with Crippen LogP contribution in [0.1, 0.15) is 31.2 Å². The Balaban J connectivity index is 1.43. The summed E-state index contributed by atoms with van der Waals surface area (Å²) in [6.45, 7) is 1.63. The lowest BCUT2D eigenvalue weighted by Crippen LogP contribution is -2.52. The standard InChI is InChI=1S/C18H22N4O/c23-18(22-13-14-5-7-17(22)8-6-14)20-16-4-1-3-15(11-16)12-21-10-2-9-19-21/h1-4,9-11,14,17H,5-8,12-13H2,(H,20,23). The molecule has 0 radical (unpaired) electrons. The lowest BCUT2D eigenvalue weighted by atomic mass is 9.80. The molecule has 2 amide bonds. The number of piperidine rings is 2. The Labute approximate surface area is 136 Å².